The Bertz CT molecular complexity index is 1520. The molecule has 0 bridgehead atoms. The number of aliphatic hydroxyl groups is 2. The third-order valence-corrected chi connectivity index (χ3v) is 8.17. The molecule has 9 heteroatoms. The van der Waals surface area contributed by atoms with Crippen molar-refractivity contribution < 1.29 is 24.1 Å². The van der Waals surface area contributed by atoms with Crippen LogP contribution in [0.15, 0.2) is 23.0 Å². The van der Waals surface area contributed by atoms with Crippen molar-refractivity contribution in [3.05, 3.63) is 62.2 Å². The van der Waals surface area contributed by atoms with Crippen LogP contribution in [0.25, 0.3) is 22.3 Å². The first-order valence-corrected chi connectivity index (χ1v) is 12.4. The van der Waals surface area contributed by atoms with Gasteiger partial charge in [0.05, 0.1) is 35.1 Å². The Morgan fingerprint density at radius 2 is 2.06 bits per heavy atom. The Labute approximate surface area is 206 Å². The number of aromatic nitrogens is 2. The van der Waals surface area contributed by atoms with Gasteiger partial charge in [-0.05, 0) is 49.9 Å². The molecule has 1 aromatic carbocycles. The lowest BCUT2D eigenvalue weighted by Gasteiger charge is -2.31. The van der Waals surface area contributed by atoms with Crippen molar-refractivity contribution in [1.29, 1.82) is 0 Å². The number of esters is 1. The molecule has 2 aromatic heterocycles. The molecule has 2 N–H and O–H groups in total. The average molecular weight is 494 g/mol. The molecular weight excluding hydrogens is 465 g/mol. The Morgan fingerprint density at radius 1 is 1.28 bits per heavy atom. The minimum atomic E-state index is -1.91. The number of aliphatic hydroxyl groups excluding tert-OH is 1. The van der Waals surface area contributed by atoms with Crippen molar-refractivity contribution in [2.45, 2.75) is 64.5 Å². The number of likely N-dealkylation sites (tertiary alicyclic amines) is 1. The molecule has 5 heterocycles. The lowest BCUT2D eigenvalue weighted by molar-refractivity contribution is -0.172. The van der Waals surface area contributed by atoms with E-state index >= 15 is 0 Å². The van der Waals surface area contributed by atoms with E-state index in [1.54, 1.807) is 30.5 Å². The van der Waals surface area contributed by atoms with Gasteiger partial charge in [-0.25, -0.2) is 14.2 Å². The maximum absolute atomic E-state index is 14.6. The number of carbonyl (C=O) groups excluding carboxylic acids is 1. The van der Waals surface area contributed by atoms with Gasteiger partial charge in [-0.15, -0.1) is 0 Å². The summed E-state index contributed by atoms with van der Waals surface area (Å²) in [6.07, 6.45) is 0.340. The lowest BCUT2D eigenvalue weighted by atomic mass is 9.86. The quantitative estimate of drug-likeness (QED) is 0.423. The molecule has 0 amide bonds. The van der Waals surface area contributed by atoms with Crippen molar-refractivity contribution >= 4 is 16.9 Å². The highest BCUT2D eigenvalue weighted by Crippen LogP contribution is 2.43. The van der Waals surface area contributed by atoms with Crippen LogP contribution in [0.4, 0.5) is 4.39 Å². The number of β-amino-alcohol motifs (C(OH)–C–C–N with tert-alkyl or cyclic N) is 1. The van der Waals surface area contributed by atoms with Crippen LogP contribution in [0.5, 0.6) is 0 Å². The van der Waals surface area contributed by atoms with Crippen LogP contribution in [-0.4, -0.2) is 49.8 Å². The Kier molecular flexibility index (Phi) is 5.13. The highest BCUT2D eigenvalue weighted by atomic mass is 19.1. The van der Waals surface area contributed by atoms with Gasteiger partial charge in [0.25, 0.3) is 5.56 Å². The van der Waals surface area contributed by atoms with Crippen molar-refractivity contribution in [2.24, 2.45) is 0 Å². The standard InChI is InChI=1S/C27H28FN3O5/c1-4-27(35)19-8-22-24-17(11-31(22)25(33)18(19)12-36-26(27)34)23(14(3)30-6-5-15(32)10-30)16-7-13(2)20(28)9-21(16)29-24/h7-9,14-15,32,35H,4-6,10-12H2,1-3H3/t14-,15+,27+/m1/s1. The first kappa shape index (κ1) is 23.3. The second-order valence-electron chi connectivity index (χ2n) is 10.2. The van der Waals surface area contributed by atoms with E-state index in [9.17, 15) is 24.2 Å². The molecule has 0 aliphatic carbocycles. The Hall–Kier alpha value is -3.14. The van der Waals surface area contributed by atoms with E-state index in [1.165, 1.54) is 6.07 Å². The van der Waals surface area contributed by atoms with E-state index in [0.29, 0.717) is 35.4 Å². The predicted octanol–water partition coefficient (Wildman–Crippen LogP) is 2.65. The summed E-state index contributed by atoms with van der Waals surface area (Å²) in [5.41, 5.74) is 2.10. The van der Waals surface area contributed by atoms with Crippen LogP contribution in [-0.2, 0) is 28.3 Å². The number of ether oxygens (including phenoxy) is 1. The summed E-state index contributed by atoms with van der Waals surface area (Å²) >= 11 is 0. The number of benzene rings is 1. The minimum absolute atomic E-state index is 0.0593. The molecule has 0 unspecified atom stereocenters. The maximum Gasteiger partial charge on any atom is 0.343 e. The smallest absolute Gasteiger partial charge is 0.343 e. The van der Waals surface area contributed by atoms with Gasteiger partial charge in [0.15, 0.2) is 5.60 Å². The number of hydrogen-bond donors (Lipinski definition) is 2. The molecule has 0 radical (unpaired) electrons. The zero-order valence-electron chi connectivity index (χ0n) is 20.5. The van der Waals surface area contributed by atoms with Gasteiger partial charge < -0.3 is 19.5 Å². The summed E-state index contributed by atoms with van der Waals surface area (Å²) < 4.78 is 21.4. The first-order valence-electron chi connectivity index (χ1n) is 12.4. The third kappa shape index (κ3) is 3.12. The molecule has 36 heavy (non-hydrogen) atoms. The zero-order valence-corrected chi connectivity index (χ0v) is 20.5. The second kappa shape index (κ2) is 7.93. The summed E-state index contributed by atoms with van der Waals surface area (Å²) in [7, 11) is 0. The van der Waals surface area contributed by atoms with E-state index in [-0.39, 0.29) is 48.1 Å². The van der Waals surface area contributed by atoms with Gasteiger partial charge >= 0.3 is 5.97 Å². The predicted molar refractivity (Wildman–Crippen MR) is 130 cm³/mol. The van der Waals surface area contributed by atoms with E-state index in [1.807, 2.05) is 0 Å². The van der Waals surface area contributed by atoms with E-state index < -0.39 is 17.7 Å². The molecule has 8 nitrogen and oxygen atoms in total. The minimum Gasteiger partial charge on any atom is -0.458 e. The van der Waals surface area contributed by atoms with Gasteiger partial charge in [-0.3, -0.25) is 9.69 Å². The van der Waals surface area contributed by atoms with Crippen LogP contribution in [0.1, 0.15) is 60.5 Å². The zero-order chi connectivity index (χ0) is 25.5. The van der Waals surface area contributed by atoms with Gasteiger partial charge in [-0.1, -0.05) is 6.92 Å². The molecule has 188 valence electrons. The fraction of sp³-hybridized carbons (Fsp3) is 0.444. The normalized spacial score (nSPS) is 23.9. The number of pyridine rings is 2. The molecule has 1 saturated heterocycles. The van der Waals surface area contributed by atoms with Gasteiger partial charge in [0, 0.05) is 41.7 Å². The van der Waals surface area contributed by atoms with Gasteiger partial charge in [0.2, 0.25) is 0 Å². The SMILES string of the molecule is CC[C@@]1(O)C(=O)OCc2c1cc1n(c2=O)Cc2c-1nc1cc(F)c(C)cc1c2[C@@H](C)N1CC[C@H](O)C1. The fourth-order valence-corrected chi connectivity index (χ4v) is 6.02. The summed E-state index contributed by atoms with van der Waals surface area (Å²) in [5.74, 6) is -1.14. The van der Waals surface area contributed by atoms with Crippen molar-refractivity contribution in [2.75, 3.05) is 13.1 Å². The van der Waals surface area contributed by atoms with Crippen LogP contribution < -0.4 is 5.56 Å². The molecule has 3 aromatic rings. The molecule has 0 saturated carbocycles. The molecule has 0 spiro atoms. The molecule has 3 aliphatic heterocycles. The van der Waals surface area contributed by atoms with Crippen LogP contribution in [0.3, 0.4) is 0 Å². The summed E-state index contributed by atoms with van der Waals surface area (Å²) in [5, 5.41) is 22.1. The average Bonchev–Trinajstić information content (AvgIpc) is 3.45. The van der Waals surface area contributed by atoms with Crippen LogP contribution in [0, 0.1) is 12.7 Å². The molecule has 3 atom stereocenters. The van der Waals surface area contributed by atoms with Crippen LogP contribution >= 0.6 is 0 Å². The van der Waals surface area contributed by atoms with E-state index in [4.69, 9.17) is 9.72 Å². The Morgan fingerprint density at radius 3 is 2.75 bits per heavy atom. The molecule has 1 fully saturated rings. The number of aryl methyl sites for hydroxylation is 1. The van der Waals surface area contributed by atoms with Gasteiger partial charge in [0.1, 0.15) is 12.4 Å². The summed E-state index contributed by atoms with van der Waals surface area (Å²) in [6.45, 7) is 6.77. The topological polar surface area (TPSA) is 105 Å². The number of cyclic esters (lactones) is 1. The maximum atomic E-state index is 14.6. The number of halogens is 1. The summed E-state index contributed by atoms with van der Waals surface area (Å²) in [4.78, 5) is 33.1. The fourth-order valence-electron chi connectivity index (χ4n) is 6.02. The highest BCUT2D eigenvalue weighted by molar-refractivity contribution is 5.90. The number of fused-ring (bicyclic) bond motifs is 5. The molecule has 6 rings (SSSR count). The summed E-state index contributed by atoms with van der Waals surface area (Å²) in [6, 6.07) is 4.78. The highest BCUT2D eigenvalue weighted by Gasteiger charge is 2.45. The van der Waals surface area contributed by atoms with Crippen molar-refractivity contribution in [3.8, 4) is 11.4 Å². The van der Waals surface area contributed by atoms with E-state index in [0.717, 1.165) is 23.1 Å². The van der Waals surface area contributed by atoms with Gasteiger partial charge in [-0.2, -0.15) is 0 Å². The lowest BCUT2D eigenvalue weighted by Crippen LogP contribution is -2.44. The number of rotatable bonds is 3. The number of hydrogen-bond acceptors (Lipinski definition) is 7. The number of carbonyl (C=O) groups is 1. The monoisotopic (exact) mass is 493 g/mol. The Balaban J connectivity index is 1.63. The second-order valence-corrected chi connectivity index (χ2v) is 10.2. The van der Waals surface area contributed by atoms with Crippen LogP contribution in [0.2, 0.25) is 0 Å². The third-order valence-electron chi connectivity index (χ3n) is 8.17. The largest absolute Gasteiger partial charge is 0.458 e. The molecule has 3 aliphatic rings. The van der Waals surface area contributed by atoms with Crippen molar-refractivity contribution in [1.82, 2.24) is 14.5 Å². The molecular formula is C27H28FN3O5. The number of nitrogens with zero attached hydrogens (tertiary/aromatic N) is 3. The van der Waals surface area contributed by atoms with E-state index in [2.05, 4.69) is 11.8 Å². The first-order chi connectivity index (χ1) is 17.1. The van der Waals surface area contributed by atoms with Crippen molar-refractivity contribution in [3.63, 3.8) is 0 Å².